The summed E-state index contributed by atoms with van der Waals surface area (Å²) < 4.78 is 11.5. The lowest BCUT2D eigenvalue weighted by atomic mass is 9.84. The van der Waals surface area contributed by atoms with Crippen LogP contribution in [-0.2, 0) is 11.3 Å². The number of hydrogen-bond acceptors (Lipinski definition) is 6. The number of urea groups is 1. The number of rotatable bonds is 3. The Kier molecular flexibility index (Phi) is 4.56. The number of nitrogens with zero attached hydrogens (tertiary/aromatic N) is 3. The zero-order chi connectivity index (χ0) is 18.1. The summed E-state index contributed by atoms with van der Waals surface area (Å²) in [5.74, 6) is 0.631. The number of carbonyl (C=O) groups is 2. The molecule has 2 aliphatic rings. The summed E-state index contributed by atoms with van der Waals surface area (Å²) in [4.78, 5) is 26.6. The van der Waals surface area contributed by atoms with Gasteiger partial charge in [-0.05, 0) is 40.9 Å². The maximum absolute atomic E-state index is 13.0. The van der Waals surface area contributed by atoms with Crippen molar-refractivity contribution in [2.45, 2.75) is 57.0 Å². The maximum Gasteiger partial charge on any atom is 0.325 e. The summed E-state index contributed by atoms with van der Waals surface area (Å²) in [6, 6.07) is 3.02. The van der Waals surface area contributed by atoms with E-state index in [1.807, 2.05) is 0 Å². The van der Waals surface area contributed by atoms with Crippen molar-refractivity contribution in [1.82, 2.24) is 20.4 Å². The van der Waals surface area contributed by atoms with E-state index in [-0.39, 0.29) is 24.2 Å². The first-order valence-electron chi connectivity index (χ1n) is 8.80. The van der Waals surface area contributed by atoms with E-state index in [0.29, 0.717) is 23.3 Å². The minimum absolute atomic E-state index is 0.0404. The van der Waals surface area contributed by atoms with E-state index in [9.17, 15) is 9.59 Å². The smallest absolute Gasteiger partial charge is 0.325 e. The molecule has 0 radical (unpaired) electrons. The molecule has 1 spiro atoms. The van der Waals surface area contributed by atoms with Gasteiger partial charge in [0.05, 0.1) is 0 Å². The topological polar surface area (TPSA) is 101 Å². The van der Waals surface area contributed by atoms with E-state index in [0.717, 1.165) is 25.7 Å². The Morgan fingerprint density at radius 3 is 2.50 bits per heavy atom. The van der Waals surface area contributed by atoms with Gasteiger partial charge >= 0.3 is 6.03 Å². The molecular weight excluding hydrogens is 404 g/mol. The SMILES string of the molecule is O=C1NC2(CCCCCCC2)C(=O)N1Cc1nnc(-c2ccc(Br)o2)o1. The second-order valence-electron chi connectivity index (χ2n) is 6.78. The fourth-order valence-corrected chi connectivity index (χ4v) is 3.96. The molecule has 1 N–H and O–H groups in total. The number of nitrogens with one attached hydrogen (secondary N) is 1. The lowest BCUT2D eigenvalue weighted by Crippen LogP contribution is -2.47. The molecule has 0 atom stereocenters. The monoisotopic (exact) mass is 422 g/mol. The van der Waals surface area contributed by atoms with Crippen LogP contribution in [0.1, 0.15) is 50.8 Å². The minimum atomic E-state index is -0.772. The number of imide groups is 1. The van der Waals surface area contributed by atoms with Crippen molar-refractivity contribution >= 4 is 27.9 Å². The van der Waals surface area contributed by atoms with Gasteiger partial charge in [0, 0.05) is 0 Å². The molecule has 1 aliphatic heterocycles. The van der Waals surface area contributed by atoms with Crippen molar-refractivity contribution in [3.8, 4) is 11.7 Å². The van der Waals surface area contributed by atoms with Gasteiger partial charge in [0.1, 0.15) is 12.1 Å². The maximum atomic E-state index is 13.0. The van der Waals surface area contributed by atoms with Gasteiger partial charge in [0.25, 0.3) is 11.8 Å². The van der Waals surface area contributed by atoms with Gasteiger partial charge in [-0.2, -0.15) is 0 Å². The second-order valence-corrected chi connectivity index (χ2v) is 7.56. The van der Waals surface area contributed by atoms with Crippen LogP contribution in [0.5, 0.6) is 0 Å². The Balaban J connectivity index is 1.50. The van der Waals surface area contributed by atoms with Crippen LogP contribution in [0.2, 0.25) is 0 Å². The first-order chi connectivity index (χ1) is 12.6. The van der Waals surface area contributed by atoms with Crippen LogP contribution < -0.4 is 5.32 Å². The Morgan fingerprint density at radius 2 is 1.81 bits per heavy atom. The molecule has 138 valence electrons. The first kappa shape index (κ1) is 17.3. The highest BCUT2D eigenvalue weighted by Crippen LogP contribution is 2.33. The zero-order valence-electron chi connectivity index (χ0n) is 14.2. The average molecular weight is 423 g/mol. The number of amides is 3. The first-order valence-corrected chi connectivity index (χ1v) is 9.59. The standard InChI is InChI=1S/C17H19BrN4O4/c18-12-7-6-11(25-12)14-21-20-13(26-14)10-22-15(23)17(19-16(22)24)8-4-2-1-3-5-9-17/h6-7H,1-5,8-10H2,(H,19,24). The number of furan rings is 1. The molecule has 26 heavy (non-hydrogen) atoms. The summed E-state index contributed by atoms with van der Waals surface area (Å²) in [5.41, 5.74) is -0.772. The van der Waals surface area contributed by atoms with Gasteiger partial charge in [-0.15, -0.1) is 10.2 Å². The highest BCUT2D eigenvalue weighted by atomic mass is 79.9. The molecule has 1 aliphatic carbocycles. The van der Waals surface area contributed by atoms with E-state index in [1.54, 1.807) is 12.1 Å². The van der Waals surface area contributed by atoms with Crippen molar-refractivity contribution in [1.29, 1.82) is 0 Å². The molecule has 9 heteroatoms. The Hall–Kier alpha value is -2.16. The van der Waals surface area contributed by atoms with Crippen molar-refractivity contribution < 1.29 is 18.4 Å². The number of hydrogen-bond donors (Lipinski definition) is 1. The number of halogens is 1. The average Bonchev–Trinajstić information content (AvgIpc) is 3.27. The second kappa shape index (κ2) is 6.86. The minimum Gasteiger partial charge on any atom is -0.444 e. The summed E-state index contributed by atoms with van der Waals surface area (Å²) in [7, 11) is 0. The number of carbonyl (C=O) groups excluding carboxylic acids is 2. The van der Waals surface area contributed by atoms with Crippen LogP contribution in [0.15, 0.2) is 25.6 Å². The van der Waals surface area contributed by atoms with Gasteiger partial charge in [-0.25, -0.2) is 4.79 Å². The van der Waals surface area contributed by atoms with Crippen LogP contribution in [0.3, 0.4) is 0 Å². The Labute approximate surface area is 158 Å². The van der Waals surface area contributed by atoms with E-state index >= 15 is 0 Å². The molecule has 3 heterocycles. The van der Waals surface area contributed by atoms with Crippen LogP contribution in [0.25, 0.3) is 11.7 Å². The van der Waals surface area contributed by atoms with E-state index in [4.69, 9.17) is 8.83 Å². The Morgan fingerprint density at radius 1 is 1.08 bits per heavy atom. The molecule has 3 amide bonds. The van der Waals surface area contributed by atoms with Crippen LogP contribution in [-0.4, -0.2) is 32.6 Å². The third kappa shape index (κ3) is 3.15. The van der Waals surface area contributed by atoms with Gasteiger partial charge in [-0.3, -0.25) is 9.69 Å². The molecule has 4 rings (SSSR count). The molecule has 0 unspecified atom stereocenters. The third-order valence-electron chi connectivity index (χ3n) is 5.00. The van der Waals surface area contributed by atoms with Gasteiger partial charge in [0.2, 0.25) is 5.89 Å². The predicted molar refractivity (Wildman–Crippen MR) is 93.8 cm³/mol. The molecule has 2 fully saturated rings. The van der Waals surface area contributed by atoms with Crippen molar-refractivity contribution in [2.24, 2.45) is 0 Å². The van der Waals surface area contributed by atoms with Gasteiger partial charge in [-0.1, -0.05) is 32.1 Å². The lowest BCUT2D eigenvalue weighted by molar-refractivity contribution is -0.132. The number of aromatic nitrogens is 2. The van der Waals surface area contributed by atoms with Crippen LogP contribution in [0.4, 0.5) is 4.79 Å². The highest BCUT2D eigenvalue weighted by molar-refractivity contribution is 9.10. The zero-order valence-corrected chi connectivity index (χ0v) is 15.8. The molecule has 0 bridgehead atoms. The van der Waals surface area contributed by atoms with Gasteiger partial charge < -0.3 is 14.2 Å². The van der Waals surface area contributed by atoms with Crippen molar-refractivity contribution in [2.75, 3.05) is 0 Å². The predicted octanol–water partition coefficient (Wildman–Crippen LogP) is 3.63. The van der Waals surface area contributed by atoms with Gasteiger partial charge in [0.15, 0.2) is 10.4 Å². The summed E-state index contributed by atoms with van der Waals surface area (Å²) in [6.45, 7) is -0.0404. The molecule has 1 saturated carbocycles. The fourth-order valence-electron chi connectivity index (χ4n) is 3.65. The van der Waals surface area contributed by atoms with E-state index < -0.39 is 11.6 Å². The van der Waals surface area contributed by atoms with Crippen molar-refractivity contribution in [3.05, 3.63) is 22.7 Å². The van der Waals surface area contributed by atoms with Crippen molar-refractivity contribution in [3.63, 3.8) is 0 Å². The fraction of sp³-hybridized carbons (Fsp3) is 0.529. The molecule has 2 aromatic heterocycles. The van der Waals surface area contributed by atoms with E-state index in [2.05, 4.69) is 31.4 Å². The lowest BCUT2D eigenvalue weighted by Gasteiger charge is -2.28. The largest absolute Gasteiger partial charge is 0.444 e. The summed E-state index contributed by atoms with van der Waals surface area (Å²) >= 11 is 3.21. The highest BCUT2D eigenvalue weighted by Gasteiger charge is 2.50. The summed E-state index contributed by atoms with van der Waals surface area (Å²) in [6.07, 6.45) is 6.63. The molecule has 2 aromatic rings. The molecule has 8 nitrogen and oxygen atoms in total. The molecule has 1 saturated heterocycles. The molecular formula is C17H19BrN4O4. The quantitative estimate of drug-likeness (QED) is 0.757. The molecule has 0 aromatic carbocycles. The Bertz CT molecular complexity index is 822. The van der Waals surface area contributed by atoms with Crippen LogP contribution >= 0.6 is 15.9 Å². The summed E-state index contributed by atoms with van der Waals surface area (Å²) in [5, 5.41) is 10.8. The normalized spacial score (nSPS) is 20.3. The van der Waals surface area contributed by atoms with E-state index in [1.165, 1.54) is 11.3 Å². The third-order valence-corrected chi connectivity index (χ3v) is 5.42. The van der Waals surface area contributed by atoms with Crippen LogP contribution in [0, 0.1) is 0 Å².